The zero-order valence-corrected chi connectivity index (χ0v) is 15.0. The lowest BCUT2D eigenvalue weighted by Crippen LogP contribution is -2.33. The summed E-state index contributed by atoms with van der Waals surface area (Å²) in [6.07, 6.45) is 0.448. The smallest absolute Gasteiger partial charge is 0.407 e. The Balaban J connectivity index is 1.64. The Kier molecular flexibility index (Phi) is 6.14. The second-order valence-electron chi connectivity index (χ2n) is 6.38. The summed E-state index contributed by atoms with van der Waals surface area (Å²) in [7, 11) is 0. The predicted octanol–water partition coefficient (Wildman–Crippen LogP) is 3.22. The molecule has 0 unspecified atom stereocenters. The fourth-order valence-electron chi connectivity index (χ4n) is 2.01. The Morgan fingerprint density at radius 1 is 1.21 bits per heavy atom. The second-order valence-corrected chi connectivity index (χ2v) is 7.50. The Morgan fingerprint density at radius 2 is 1.96 bits per heavy atom. The molecule has 7 heteroatoms. The highest BCUT2D eigenvalue weighted by molar-refractivity contribution is 7.18. The molecule has 0 aliphatic heterocycles. The number of alkyl carbamates (subject to hydrolysis) is 1. The SMILES string of the molecule is CC(C)(C)OC(=O)NCCCC(=O)NCc1nc2ccccc2s1. The molecular formula is C17H23N3O3S. The third-order valence-electron chi connectivity index (χ3n) is 3.02. The zero-order valence-electron chi connectivity index (χ0n) is 14.2. The van der Waals surface area contributed by atoms with E-state index in [9.17, 15) is 9.59 Å². The van der Waals surface area contributed by atoms with Crippen molar-refractivity contribution in [1.82, 2.24) is 15.6 Å². The quantitative estimate of drug-likeness (QED) is 0.785. The van der Waals surface area contributed by atoms with Crippen LogP contribution in [0.15, 0.2) is 24.3 Å². The van der Waals surface area contributed by atoms with E-state index >= 15 is 0 Å². The van der Waals surface area contributed by atoms with Gasteiger partial charge in [0.15, 0.2) is 0 Å². The van der Waals surface area contributed by atoms with E-state index in [0.29, 0.717) is 25.9 Å². The van der Waals surface area contributed by atoms with Gasteiger partial charge in [-0.3, -0.25) is 4.79 Å². The number of thiazole rings is 1. The van der Waals surface area contributed by atoms with Crippen molar-refractivity contribution in [2.75, 3.05) is 6.54 Å². The predicted molar refractivity (Wildman–Crippen MR) is 94.9 cm³/mol. The van der Waals surface area contributed by atoms with Crippen LogP contribution in [0.3, 0.4) is 0 Å². The zero-order chi connectivity index (χ0) is 17.6. The fraction of sp³-hybridized carbons (Fsp3) is 0.471. The van der Waals surface area contributed by atoms with E-state index in [1.54, 1.807) is 11.3 Å². The highest BCUT2D eigenvalue weighted by Gasteiger charge is 2.15. The number of hydrogen-bond acceptors (Lipinski definition) is 5. The molecule has 0 aliphatic rings. The van der Waals surface area contributed by atoms with Gasteiger partial charge in [-0.2, -0.15) is 0 Å². The van der Waals surface area contributed by atoms with Crippen molar-refractivity contribution in [3.63, 3.8) is 0 Å². The minimum atomic E-state index is -0.515. The number of fused-ring (bicyclic) bond motifs is 1. The number of ether oxygens (including phenoxy) is 1. The maximum absolute atomic E-state index is 11.8. The van der Waals surface area contributed by atoms with Gasteiger partial charge in [0.25, 0.3) is 0 Å². The van der Waals surface area contributed by atoms with E-state index in [-0.39, 0.29) is 5.91 Å². The molecule has 1 aromatic heterocycles. The molecule has 0 spiro atoms. The van der Waals surface area contributed by atoms with Crippen LogP contribution in [0.2, 0.25) is 0 Å². The molecule has 0 aliphatic carbocycles. The van der Waals surface area contributed by atoms with Crippen LogP contribution in [0.25, 0.3) is 10.2 Å². The van der Waals surface area contributed by atoms with Crippen LogP contribution >= 0.6 is 11.3 Å². The Labute approximate surface area is 145 Å². The maximum atomic E-state index is 11.8. The molecule has 0 bridgehead atoms. The molecule has 1 aromatic carbocycles. The standard InChI is InChI=1S/C17H23N3O3S/c1-17(2,3)23-16(22)18-10-6-9-14(21)19-11-15-20-12-7-4-5-8-13(12)24-15/h4-5,7-8H,6,9-11H2,1-3H3,(H,18,22)(H,19,21). The molecule has 24 heavy (non-hydrogen) atoms. The molecule has 2 N–H and O–H groups in total. The van der Waals surface area contributed by atoms with Gasteiger partial charge in [-0.1, -0.05) is 12.1 Å². The van der Waals surface area contributed by atoms with Crippen molar-refractivity contribution in [2.24, 2.45) is 0 Å². The number of para-hydroxylation sites is 1. The highest BCUT2D eigenvalue weighted by Crippen LogP contribution is 2.21. The number of rotatable bonds is 6. The molecule has 0 saturated carbocycles. The van der Waals surface area contributed by atoms with Crippen molar-refractivity contribution in [1.29, 1.82) is 0 Å². The summed E-state index contributed by atoms with van der Waals surface area (Å²) < 4.78 is 6.24. The third-order valence-corrected chi connectivity index (χ3v) is 4.06. The van der Waals surface area contributed by atoms with Gasteiger partial charge in [0.1, 0.15) is 10.6 Å². The largest absolute Gasteiger partial charge is 0.444 e. The van der Waals surface area contributed by atoms with E-state index in [2.05, 4.69) is 15.6 Å². The van der Waals surface area contributed by atoms with Crippen molar-refractivity contribution < 1.29 is 14.3 Å². The molecule has 1 heterocycles. The topological polar surface area (TPSA) is 80.3 Å². The summed E-state index contributed by atoms with van der Waals surface area (Å²) in [5.74, 6) is -0.0553. The van der Waals surface area contributed by atoms with Crippen molar-refractivity contribution in [3.05, 3.63) is 29.3 Å². The molecule has 6 nitrogen and oxygen atoms in total. The van der Waals surface area contributed by atoms with Crippen LogP contribution in [0.1, 0.15) is 38.6 Å². The summed E-state index contributed by atoms with van der Waals surface area (Å²) in [6.45, 7) is 6.26. The van der Waals surface area contributed by atoms with Crippen molar-refractivity contribution >= 4 is 33.6 Å². The van der Waals surface area contributed by atoms with Crippen LogP contribution in [0, 0.1) is 0 Å². The first kappa shape index (κ1) is 18.2. The molecule has 2 amide bonds. The first-order chi connectivity index (χ1) is 11.3. The molecule has 0 atom stereocenters. The van der Waals surface area contributed by atoms with Gasteiger partial charge in [-0.15, -0.1) is 11.3 Å². The van der Waals surface area contributed by atoms with Crippen LogP contribution in [-0.2, 0) is 16.1 Å². The number of nitrogens with zero attached hydrogens (tertiary/aromatic N) is 1. The third kappa shape index (κ3) is 6.16. The van der Waals surface area contributed by atoms with E-state index in [0.717, 1.165) is 15.2 Å². The van der Waals surface area contributed by atoms with E-state index < -0.39 is 11.7 Å². The van der Waals surface area contributed by atoms with Gasteiger partial charge < -0.3 is 15.4 Å². The first-order valence-electron chi connectivity index (χ1n) is 7.91. The lowest BCUT2D eigenvalue weighted by molar-refractivity contribution is -0.121. The van der Waals surface area contributed by atoms with Gasteiger partial charge in [-0.05, 0) is 39.3 Å². The summed E-state index contributed by atoms with van der Waals surface area (Å²) in [5.41, 5.74) is 0.437. The molecule has 0 radical (unpaired) electrons. The van der Waals surface area contributed by atoms with Gasteiger partial charge in [0.2, 0.25) is 5.91 Å². The number of hydrogen-bond donors (Lipinski definition) is 2. The Morgan fingerprint density at radius 3 is 2.67 bits per heavy atom. The molecule has 2 rings (SSSR count). The summed E-state index contributed by atoms with van der Waals surface area (Å²) in [4.78, 5) is 27.8. The van der Waals surface area contributed by atoms with E-state index in [1.165, 1.54) is 0 Å². The van der Waals surface area contributed by atoms with E-state index in [1.807, 2.05) is 45.0 Å². The lowest BCUT2D eigenvalue weighted by Gasteiger charge is -2.19. The molecule has 130 valence electrons. The Hall–Kier alpha value is -2.15. The summed E-state index contributed by atoms with van der Waals surface area (Å²) in [6, 6.07) is 7.89. The van der Waals surface area contributed by atoms with Crippen LogP contribution in [0.4, 0.5) is 4.79 Å². The molecule has 0 saturated heterocycles. The fourth-order valence-corrected chi connectivity index (χ4v) is 2.92. The number of carbonyl (C=O) groups is 2. The average Bonchev–Trinajstić information content (AvgIpc) is 2.90. The van der Waals surface area contributed by atoms with Crippen LogP contribution in [0.5, 0.6) is 0 Å². The second kappa shape index (κ2) is 8.10. The average molecular weight is 349 g/mol. The van der Waals surface area contributed by atoms with Gasteiger partial charge >= 0.3 is 6.09 Å². The maximum Gasteiger partial charge on any atom is 0.407 e. The first-order valence-corrected chi connectivity index (χ1v) is 8.73. The summed E-state index contributed by atoms with van der Waals surface area (Å²) in [5, 5.41) is 6.37. The molecule has 0 fully saturated rings. The minimum Gasteiger partial charge on any atom is -0.444 e. The van der Waals surface area contributed by atoms with Crippen molar-refractivity contribution in [2.45, 2.75) is 45.8 Å². The normalized spacial score (nSPS) is 11.3. The number of aromatic nitrogens is 1. The summed E-state index contributed by atoms with van der Waals surface area (Å²) >= 11 is 1.58. The van der Waals surface area contributed by atoms with Crippen molar-refractivity contribution in [3.8, 4) is 0 Å². The molecule has 2 aromatic rings. The van der Waals surface area contributed by atoms with E-state index in [4.69, 9.17) is 4.74 Å². The van der Waals surface area contributed by atoms with Gasteiger partial charge in [0, 0.05) is 13.0 Å². The number of nitrogens with one attached hydrogen (secondary N) is 2. The monoisotopic (exact) mass is 349 g/mol. The minimum absolute atomic E-state index is 0.0553. The lowest BCUT2D eigenvalue weighted by atomic mass is 10.2. The van der Waals surface area contributed by atoms with Crippen LogP contribution in [-0.4, -0.2) is 29.1 Å². The van der Waals surface area contributed by atoms with Crippen LogP contribution < -0.4 is 10.6 Å². The van der Waals surface area contributed by atoms with Gasteiger partial charge in [-0.25, -0.2) is 9.78 Å². The number of benzene rings is 1. The number of amides is 2. The highest BCUT2D eigenvalue weighted by atomic mass is 32.1. The van der Waals surface area contributed by atoms with Gasteiger partial charge in [0.05, 0.1) is 16.8 Å². The Bertz CT molecular complexity index is 673. The molecular weight excluding hydrogens is 326 g/mol. The number of carbonyl (C=O) groups excluding carboxylic acids is 2.